The largest absolute Gasteiger partial charge is 0.335 e. The predicted octanol–water partition coefficient (Wildman–Crippen LogP) is 1.60. The number of aromatic nitrogens is 2. The summed E-state index contributed by atoms with van der Waals surface area (Å²) in [7, 11) is 0. The molecule has 0 aromatic carbocycles. The summed E-state index contributed by atoms with van der Waals surface area (Å²) in [5.41, 5.74) is 6.07. The number of nitrogens with zero attached hydrogens (tertiary/aromatic N) is 2. The summed E-state index contributed by atoms with van der Waals surface area (Å²) in [6.45, 7) is 1.30. The van der Waals surface area contributed by atoms with Gasteiger partial charge in [-0.3, -0.25) is 4.79 Å². The van der Waals surface area contributed by atoms with Crippen molar-refractivity contribution in [2.45, 2.75) is 38.6 Å². The number of nitrogens with two attached hydrogens (primary N) is 1. The lowest BCUT2D eigenvalue weighted by molar-refractivity contribution is 0.0884. The predicted molar refractivity (Wildman–Crippen MR) is 62.2 cm³/mol. The standard InChI is InChI=1S/C12H19N3O/c13-6-7-15-8-11(14-9-15)12(16)10-4-2-1-3-5-10/h8-10H,1-7,13H2. The van der Waals surface area contributed by atoms with E-state index < -0.39 is 0 Å². The molecule has 16 heavy (non-hydrogen) atoms. The lowest BCUT2D eigenvalue weighted by Gasteiger charge is -2.19. The zero-order valence-electron chi connectivity index (χ0n) is 9.56. The maximum Gasteiger partial charge on any atom is 0.185 e. The van der Waals surface area contributed by atoms with E-state index in [4.69, 9.17) is 5.73 Å². The van der Waals surface area contributed by atoms with Crippen molar-refractivity contribution in [3.63, 3.8) is 0 Å². The second-order valence-corrected chi connectivity index (χ2v) is 4.48. The van der Waals surface area contributed by atoms with Gasteiger partial charge in [0.05, 0.1) is 6.33 Å². The van der Waals surface area contributed by atoms with E-state index in [0.717, 1.165) is 19.4 Å². The molecular formula is C12H19N3O. The molecule has 88 valence electrons. The molecule has 1 aromatic heterocycles. The monoisotopic (exact) mass is 221 g/mol. The normalized spacial score (nSPS) is 17.6. The molecule has 0 bridgehead atoms. The van der Waals surface area contributed by atoms with E-state index >= 15 is 0 Å². The van der Waals surface area contributed by atoms with Crippen LogP contribution in [0.1, 0.15) is 42.6 Å². The maximum atomic E-state index is 12.1. The molecule has 4 nitrogen and oxygen atoms in total. The minimum absolute atomic E-state index is 0.204. The van der Waals surface area contributed by atoms with Crippen LogP contribution < -0.4 is 5.73 Å². The summed E-state index contributed by atoms with van der Waals surface area (Å²) in [4.78, 5) is 16.3. The molecule has 1 saturated carbocycles. The Morgan fingerprint density at radius 3 is 2.88 bits per heavy atom. The Balaban J connectivity index is 2.01. The van der Waals surface area contributed by atoms with E-state index in [-0.39, 0.29) is 11.7 Å². The summed E-state index contributed by atoms with van der Waals surface area (Å²) < 4.78 is 1.88. The van der Waals surface area contributed by atoms with Crippen LogP contribution in [0.25, 0.3) is 0 Å². The molecular weight excluding hydrogens is 202 g/mol. The number of carbonyl (C=O) groups excluding carboxylic acids is 1. The first-order valence-electron chi connectivity index (χ1n) is 6.07. The van der Waals surface area contributed by atoms with Gasteiger partial charge in [-0.2, -0.15) is 0 Å². The van der Waals surface area contributed by atoms with Crippen LogP contribution in [0.5, 0.6) is 0 Å². The second-order valence-electron chi connectivity index (χ2n) is 4.48. The Hall–Kier alpha value is -1.16. The summed E-state index contributed by atoms with van der Waals surface area (Å²) in [6.07, 6.45) is 9.21. The van der Waals surface area contributed by atoms with Crippen molar-refractivity contribution in [1.29, 1.82) is 0 Å². The highest BCUT2D eigenvalue weighted by Crippen LogP contribution is 2.26. The lowest BCUT2D eigenvalue weighted by Crippen LogP contribution is -2.18. The van der Waals surface area contributed by atoms with Gasteiger partial charge in [-0.05, 0) is 12.8 Å². The first-order valence-corrected chi connectivity index (χ1v) is 6.07. The van der Waals surface area contributed by atoms with Crippen LogP contribution >= 0.6 is 0 Å². The van der Waals surface area contributed by atoms with Gasteiger partial charge in [0.1, 0.15) is 5.69 Å². The van der Waals surface area contributed by atoms with Crippen molar-refractivity contribution in [1.82, 2.24) is 9.55 Å². The summed E-state index contributed by atoms with van der Waals surface area (Å²) in [5.74, 6) is 0.422. The Morgan fingerprint density at radius 1 is 1.44 bits per heavy atom. The molecule has 1 fully saturated rings. The number of carbonyl (C=O) groups is 1. The third-order valence-corrected chi connectivity index (χ3v) is 3.25. The van der Waals surface area contributed by atoms with Crippen molar-refractivity contribution >= 4 is 5.78 Å². The van der Waals surface area contributed by atoms with Gasteiger partial charge in [-0.15, -0.1) is 0 Å². The van der Waals surface area contributed by atoms with E-state index in [1.807, 2.05) is 10.8 Å². The molecule has 0 spiro atoms. The Morgan fingerprint density at radius 2 is 2.19 bits per heavy atom. The summed E-state index contributed by atoms with van der Waals surface area (Å²) >= 11 is 0. The Kier molecular flexibility index (Phi) is 3.72. The van der Waals surface area contributed by atoms with Crippen LogP contribution in [-0.2, 0) is 6.54 Å². The lowest BCUT2D eigenvalue weighted by atomic mass is 9.85. The number of ketones is 1. The van der Waals surface area contributed by atoms with Gasteiger partial charge < -0.3 is 10.3 Å². The third kappa shape index (κ3) is 2.50. The van der Waals surface area contributed by atoms with Crippen LogP contribution in [-0.4, -0.2) is 21.9 Å². The van der Waals surface area contributed by atoms with E-state index in [9.17, 15) is 4.79 Å². The van der Waals surface area contributed by atoms with Crippen LogP contribution in [0.15, 0.2) is 12.5 Å². The van der Waals surface area contributed by atoms with Crippen molar-refractivity contribution in [2.24, 2.45) is 11.7 Å². The van der Waals surface area contributed by atoms with Gasteiger partial charge >= 0.3 is 0 Å². The third-order valence-electron chi connectivity index (χ3n) is 3.25. The highest BCUT2D eigenvalue weighted by atomic mass is 16.1. The molecule has 2 N–H and O–H groups in total. The molecule has 0 amide bonds. The fourth-order valence-corrected chi connectivity index (χ4v) is 2.33. The maximum absolute atomic E-state index is 12.1. The van der Waals surface area contributed by atoms with Crippen molar-refractivity contribution in [3.05, 3.63) is 18.2 Å². The van der Waals surface area contributed by atoms with Crippen LogP contribution in [0, 0.1) is 5.92 Å². The van der Waals surface area contributed by atoms with Crippen molar-refractivity contribution in [2.75, 3.05) is 6.54 Å². The van der Waals surface area contributed by atoms with Crippen molar-refractivity contribution < 1.29 is 4.79 Å². The minimum atomic E-state index is 0.204. The van der Waals surface area contributed by atoms with Gasteiger partial charge in [-0.1, -0.05) is 19.3 Å². The van der Waals surface area contributed by atoms with E-state index in [1.165, 1.54) is 19.3 Å². The average Bonchev–Trinajstić information content (AvgIpc) is 2.78. The number of hydrogen-bond donors (Lipinski definition) is 1. The number of Topliss-reactive ketones (excluding diaryl/α,β-unsaturated/α-hetero) is 1. The smallest absolute Gasteiger partial charge is 0.185 e. The average molecular weight is 221 g/mol. The molecule has 1 aromatic rings. The van der Waals surface area contributed by atoms with Crippen molar-refractivity contribution in [3.8, 4) is 0 Å². The SMILES string of the molecule is NCCn1cnc(C(=O)C2CCCCC2)c1. The van der Waals surface area contributed by atoms with Gasteiger partial charge in [0.2, 0.25) is 0 Å². The van der Waals surface area contributed by atoms with E-state index in [1.54, 1.807) is 6.33 Å². The van der Waals surface area contributed by atoms with Gasteiger partial charge in [-0.25, -0.2) is 4.98 Å². The van der Waals surface area contributed by atoms with Gasteiger partial charge in [0.15, 0.2) is 5.78 Å². The molecule has 0 radical (unpaired) electrons. The van der Waals surface area contributed by atoms with Gasteiger partial charge in [0, 0.05) is 25.2 Å². The number of rotatable bonds is 4. The zero-order valence-corrected chi connectivity index (χ0v) is 9.56. The first kappa shape index (κ1) is 11.3. The Bertz CT molecular complexity index is 353. The fraction of sp³-hybridized carbons (Fsp3) is 0.667. The van der Waals surface area contributed by atoms with Crippen LogP contribution in [0.3, 0.4) is 0 Å². The quantitative estimate of drug-likeness (QED) is 0.786. The summed E-state index contributed by atoms with van der Waals surface area (Å²) in [6, 6.07) is 0. The van der Waals surface area contributed by atoms with Gasteiger partial charge in [0.25, 0.3) is 0 Å². The van der Waals surface area contributed by atoms with Crippen LogP contribution in [0.4, 0.5) is 0 Å². The first-order chi connectivity index (χ1) is 7.81. The topological polar surface area (TPSA) is 60.9 Å². The highest BCUT2D eigenvalue weighted by molar-refractivity contribution is 5.95. The van der Waals surface area contributed by atoms with Crippen LogP contribution in [0.2, 0.25) is 0 Å². The molecule has 1 heterocycles. The molecule has 0 unspecified atom stereocenters. The zero-order chi connectivity index (χ0) is 11.4. The summed E-state index contributed by atoms with van der Waals surface area (Å²) in [5, 5.41) is 0. The number of imidazole rings is 1. The molecule has 1 aliphatic carbocycles. The minimum Gasteiger partial charge on any atom is -0.335 e. The molecule has 0 atom stereocenters. The highest BCUT2D eigenvalue weighted by Gasteiger charge is 2.23. The fourth-order valence-electron chi connectivity index (χ4n) is 2.33. The van der Waals surface area contributed by atoms with E-state index in [0.29, 0.717) is 12.2 Å². The molecule has 1 aliphatic rings. The molecule has 2 rings (SSSR count). The molecule has 0 aliphatic heterocycles. The number of hydrogen-bond acceptors (Lipinski definition) is 3. The molecule has 0 saturated heterocycles. The molecule has 4 heteroatoms. The van der Waals surface area contributed by atoms with E-state index in [2.05, 4.69) is 4.98 Å². The second kappa shape index (κ2) is 5.25. The Labute approximate surface area is 95.9 Å².